The van der Waals surface area contributed by atoms with Crippen LogP contribution in [0.25, 0.3) is 0 Å². The number of rotatable bonds is 2. The van der Waals surface area contributed by atoms with Gasteiger partial charge >= 0.3 is 19.3 Å². The number of hydrogen-bond acceptors (Lipinski definition) is 0. The predicted octanol–water partition coefficient (Wildman–Crippen LogP) is 2.62. The van der Waals surface area contributed by atoms with E-state index in [1.54, 1.807) is 0 Å². The van der Waals surface area contributed by atoms with E-state index in [1.807, 2.05) is 6.07 Å². The van der Waals surface area contributed by atoms with Crippen molar-refractivity contribution in [1.82, 2.24) is 0 Å². The largest absolute Gasteiger partial charge is 0.505 e. The molecule has 0 atom stereocenters. The summed E-state index contributed by atoms with van der Waals surface area (Å²) in [5, 5.41) is 0. The molecule has 0 spiro atoms. The predicted molar refractivity (Wildman–Crippen MR) is 52.1 cm³/mol. The molecular weight excluding hydrogens is 224 g/mol. The summed E-state index contributed by atoms with van der Waals surface area (Å²) in [6, 6.07) is 10.4. The molecule has 0 bridgehead atoms. The molecule has 0 unspecified atom stereocenters. The van der Waals surface area contributed by atoms with Crippen LogP contribution in [0.1, 0.15) is 5.56 Å². The van der Waals surface area contributed by atoms with Crippen LogP contribution in [0.3, 0.4) is 0 Å². The van der Waals surface area contributed by atoms with Crippen LogP contribution in [-0.4, -0.2) is 19.3 Å². The van der Waals surface area contributed by atoms with Crippen LogP contribution in [0.2, 0.25) is 0 Å². The molecule has 0 aliphatic heterocycles. The first-order valence-electron chi connectivity index (χ1n) is 3.03. The molecule has 0 heterocycles. The maximum Gasteiger partial charge on any atom is 0.505 e. The summed E-state index contributed by atoms with van der Waals surface area (Å²) in [6.07, 6.45) is 0. The first-order valence-corrected chi connectivity index (χ1v) is 6.17. The zero-order valence-corrected chi connectivity index (χ0v) is 9.47. The molecule has 0 aliphatic rings. The van der Waals surface area contributed by atoms with Gasteiger partial charge in [0, 0.05) is 0 Å². The first-order chi connectivity index (χ1) is 4.43. The zero-order chi connectivity index (χ0) is 6.53. The van der Waals surface area contributed by atoms with Crippen molar-refractivity contribution in [3.63, 3.8) is 0 Å². The lowest BCUT2D eigenvalue weighted by molar-refractivity contribution is 1.40. The van der Waals surface area contributed by atoms with Gasteiger partial charge in [-0.25, -0.2) is 0 Å². The lowest BCUT2D eigenvalue weighted by atomic mass is 10.2. The van der Waals surface area contributed by atoms with Gasteiger partial charge in [-0.2, -0.15) is 0 Å². The molecular formula is C7H8BrClMg. The van der Waals surface area contributed by atoms with Crippen LogP contribution in [0.4, 0.5) is 0 Å². The van der Waals surface area contributed by atoms with Gasteiger partial charge in [-0.05, 0) is 0 Å². The van der Waals surface area contributed by atoms with Crippen LogP contribution >= 0.6 is 26.1 Å². The molecule has 0 saturated heterocycles. The van der Waals surface area contributed by atoms with Crippen LogP contribution in [0.15, 0.2) is 30.3 Å². The third-order valence-corrected chi connectivity index (χ3v) is 2.56. The van der Waals surface area contributed by atoms with Crippen LogP contribution < -0.4 is 0 Å². The molecule has 0 fully saturated rings. The quantitative estimate of drug-likeness (QED) is 0.687. The second kappa shape index (κ2) is 6.47. The van der Waals surface area contributed by atoms with Crippen LogP contribution in [-0.2, 0) is 4.55 Å². The second-order valence-corrected chi connectivity index (χ2v) is 3.94. The summed E-state index contributed by atoms with van der Waals surface area (Å²) >= 11 is -0.312. The third kappa shape index (κ3) is 3.81. The molecule has 1 rings (SSSR count). The Morgan fingerprint density at radius 2 is 1.80 bits per heavy atom. The van der Waals surface area contributed by atoms with E-state index in [2.05, 4.69) is 24.3 Å². The highest BCUT2D eigenvalue weighted by atomic mass is 79.9. The average molecular weight is 232 g/mol. The van der Waals surface area contributed by atoms with Crippen molar-refractivity contribution in [3.05, 3.63) is 35.9 Å². The fourth-order valence-electron chi connectivity index (χ4n) is 0.754. The summed E-state index contributed by atoms with van der Waals surface area (Å²) in [7, 11) is 5.67. The normalized spacial score (nSPS) is 7.70. The Bertz CT molecular complexity index is 167. The van der Waals surface area contributed by atoms with E-state index in [1.165, 1.54) is 5.56 Å². The van der Waals surface area contributed by atoms with Crippen molar-refractivity contribution < 1.29 is 0 Å². The second-order valence-electron chi connectivity index (χ2n) is 1.92. The Morgan fingerprint density at radius 1 is 1.20 bits per heavy atom. The lowest BCUT2D eigenvalue weighted by Crippen LogP contribution is -1.86. The van der Waals surface area contributed by atoms with Crippen molar-refractivity contribution in [2.24, 2.45) is 0 Å². The fourth-order valence-corrected chi connectivity index (χ4v) is 1.96. The van der Waals surface area contributed by atoms with Gasteiger partial charge in [0.1, 0.15) is 0 Å². The Labute approximate surface area is 85.2 Å². The molecule has 1 aromatic rings. The molecule has 0 nitrogen and oxygen atoms in total. The maximum absolute atomic E-state index is 5.67. The molecule has 10 heavy (non-hydrogen) atoms. The van der Waals surface area contributed by atoms with Crippen molar-refractivity contribution in [2.75, 3.05) is 0 Å². The molecule has 0 saturated carbocycles. The van der Waals surface area contributed by atoms with Gasteiger partial charge in [0.25, 0.3) is 0 Å². The average Bonchev–Trinajstić information content (AvgIpc) is 1.91. The van der Waals surface area contributed by atoms with Crippen molar-refractivity contribution in [1.29, 1.82) is 0 Å². The van der Waals surface area contributed by atoms with Crippen molar-refractivity contribution in [2.45, 2.75) is 4.55 Å². The molecule has 52 valence electrons. The van der Waals surface area contributed by atoms with Crippen molar-refractivity contribution in [3.8, 4) is 0 Å². The Hall–Kier alpha value is 0.756. The van der Waals surface area contributed by atoms with E-state index in [9.17, 15) is 0 Å². The number of halogens is 2. The van der Waals surface area contributed by atoms with Crippen LogP contribution in [0.5, 0.6) is 0 Å². The highest BCUT2D eigenvalue weighted by Crippen LogP contribution is 1.98. The van der Waals surface area contributed by atoms with Gasteiger partial charge in [-0.1, -0.05) is 40.4 Å². The number of hydrogen-bond donors (Lipinski definition) is 0. The van der Waals surface area contributed by atoms with E-state index >= 15 is 0 Å². The minimum absolute atomic E-state index is 0. The summed E-state index contributed by atoms with van der Waals surface area (Å²) in [4.78, 5) is 0. The first kappa shape index (κ1) is 10.8. The molecule has 0 aromatic heterocycles. The molecule has 0 radical (unpaired) electrons. The summed E-state index contributed by atoms with van der Waals surface area (Å²) in [6.45, 7) is 0. The van der Waals surface area contributed by atoms with Gasteiger partial charge in [-0.15, -0.1) is 17.0 Å². The maximum atomic E-state index is 5.67. The third-order valence-electron chi connectivity index (χ3n) is 1.23. The van der Waals surface area contributed by atoms with E-state index in [0.29, 0.717) is 0 Å². The SMILES string of the molecule is Br.[Cl][Mg][CH2]c1ccccc1. The van der Waals surface area contributed by atoms with Crippen molar-refractivity contribution >= 4 is 45.3 Å². The van der Waals surface area contributed by atoms with Gasteiger partial charge in [0.2, 0.25) is 0 Å². The molecule has 0 amide bonds. The highest BCUT2D eigenvalue weighted by Gasteiger charge is 1.91. The lowest BCUT2D eigenvalue weighted by Gasteiger charge is -1.92. The minimum atomic E-state index is -0.312. The van der Waals surface area contributed by atoms with Gasteiger partial charge in [0.05, 0.1) is 0 Å². The Morgan fingerprint density at radius 3 is 2.30 bits per heavy atom. The Kier molecular flexibility index (Phi) is 6.95. The smallest absolute Gasteiger partial charge is 0.345 e. The van der Waals surface area contributed by atoms with E-state index in [-0.39, 0.29) is 36.2 Å². The zero-order valence-electron chi connectivity index (χ0n) is 5.59. The monoisotopic (exact) mass is 230 g/mol. The summed E-state index contributed by atoms with van der Waals surface area (Å²) in [5.41, 5.74) is 1.37. The minimum Gasteiger partial charge on any atom is -0.345 e. The topological polar surface area (TPSA) is 0 Å². The molecule has 0 aliphatic carbocycles. The van der Waals surface area contributed by atoms with Gasteiger partial charge < -0.3 is 9.07 Å². The molecule has 3 heteroatoms. The van der Waals surface area contributed by atoms with Gasteiger partial charge in [0.15, 0.2) is 0 Å². The number of benzene rings is 1. The molecule has 0 N–H and O–H groups in total. The summed E-state index contributed by atoms with van der Waals surface area (Å²) < 4.78 is 1.11. The van der Waals surface area contributed by atoms with E-state index in [0.717, 1.165) is 4.55 Å². The summed E-state index contributed by atoms with van der Waals surface area (Å²) in [5.74, 6) is 0. The van der Waals surface area contributed by atoms with Gasteiger partial charge in [-0.3, -0.25) is 0 Å². The van der Waals surface area contributed by atoms with E-state index in [4.69, 9.17) is 9.07 Å². The fraction of sp³-hybridized carbons (Fsp3) is 0.143. The van der Waals surface area contributed by atoms with Crippen LogP contribution in [0, 0.1) is 0 Å². The highest BCUT2D eigenvalue weighted by molar-refractivity contribution is 8.93. The standard InChI is InChI=1S/C7H7.BrH.ClH.Mg/c1-7-5-3-2-4-6-7;;;/h2-6H,1H2;2*1H;/q;;;+1/p-1. The Balaban J connectivity index is 0.000000810. The molecule has 1 aromatic carbocycles. The van der Waals surface area contributed by atoms with E-state index < -0.39 is 0 Å².